The Kier molecular flexibility index (Phi) is 6.55. The molecule has 1 aliphatic heterocycles. The van der Waals surface area contributed by atoms with Gasteiger partial charge in [0.05, 0.1) is 18.6 Å². The molecule has 1 unspecified atom stereocenters. The number of fused-ring (bicyclic) bond motifs is 1. The third kappa shape index (κ3) is 4.39. The average molecular weight is 383 g/mol. The first-order chi connectivity index (χ1) is 12.5. The van der Waals surface area contributed by atoms with Gasteiger partial charge in [0, 0.05) is 26.7 Å². The van der Waals surface area contributed by atoms with Crippen molar-refractivity contribution in [3.8, 4) is 5.75 Å². The summed E-state index contributed by atoms with van der Waals surface area (Å²) in [6, 6.07) is 3.49. The maximum absolute atomic E-state index is 12.9. The summed E-state index contributed by atoms with van der Waals surface area (Å²) in [7, 11) is -0.147. The van der Waals surface area contributed by atoms with Crippen LogP contribution in [0.25, 0.3) is 0 Å². The first-order valence-corrected chi connectivity index (χ1v) is 10.9. The third-order valence-electron chi connectivity index (χ3n) is 5.50. The highest BCUT2D eigenvalue weighted by molar-refractivity contribution is 7.89. The first-order valence-electron chi connectivity index (χ1n) is 9.45. The van der Waals surface area contributed by atoms with Crippen LogP contribution in [-0.2, 0) is 27.6 Å². The van der Waals surface area contributed by atoms with Crippen molar-refractivity contribution in [3.63, 3.8) is 0 Å². The van der Waals surface area contributed by atoms with E-state index in [1.54, 1.807) is 26.4 Å². The van der Waals surface area contributed by atoms with E-state index in [0.717, 1.165) is 75.2 Å². The van der Waals surface area contributed by atoms with E-state index in [1.807, 2.05) is 0 Å². The number of ether oxygens (including phenoxy) is 2. The lowest BCUT2D eigenvalue weighted by molar-refractivity contribution is 0.159. The van der Waals surface area contributed by atoms with Crippen LogP contribution in [0.4, 0.5) is 0 Å². The zero-order chi connectivity index (χ0) is 18.6. The summed E-state index contributed by atoms with van der Waals surface area (Å²) < 4.78 is 39.3. The molecular weight excluding hydrogens is 352 g/mol. The summed E-state index contributed by atoms with van der Waals surface area (Å²) in [6.07, 6.45) is 4.82. The van der Waals surface area contributed by atoms with Crippen molar-refractivity contribution in [3.05, 3.63) is 23.3 Å². The lowest BCUT2D eigenvalue weighted by Crippen LogP contribution is -2.32. The summed E-state index contributed by atoms with van der Waals surface area (Å²) in [5.41, 5.74) is 2.00. The molecule has 0 saturated carbocycles. The van der Waals surface area contributed by atoms with Gasteiger partial charge in [0.25, 0.3) is 0 Å². The fourth-order valence-electron chi connectivity index (χ4n) is 4.05. The molecule has 1 N–H and O–H groups in total. The smallest absolute Gasteiger partial charge is 0.240 e. The lowest BCUT2D eigenvalue weighted by Gasteiger charge is -2.22. The SMILES string of the molecule is COCCN1CCC(CNS(=O)(=O)c2ccc(OC)c3c2CCCC3)C1. The molecule has 1 aromatic rings. The number of sulfonamides is 1. The topological polar surface area (TPSA) is 67.9 Å². The van der Waals surface area contributed by atoms with Crippen molar-refractivity contribution >= 4 is 10.0 Å². The molecule has 1 atom stereocenters. The highest BCUT2D eigenvalue weighted by Gasteiger charge is 2.27. The van der Waals surface area contributed by atoms with E-state index in [1.165, 1.54) is 0 Å². The van der Waals surface area contributed by atoms with E-state index >= 15 is 0 Å². The molecule has 7 heteroatoms. The van der Waals surface area contributed by atoms with Gasteiger partial charge in [0.15, 0.2) is 0 Å². The van der Waals surface area contributed by atoms with E-state index in [-0.39, 0.29) is 0 Å². The quantitative estimate of drug-likeness (QED) is 0.743. The van der Waals surface area contributed by atoms with Gasteiger partial charge in [0.2, 0.25) is 10.0 Å². The van der Waals surface area contributed by atoms with Crippen molar-refractivity contribution in [2.75, 3.05) is 47.0 Å². The second kappa shape index (κ2) is 8.69. The maximum Gasteiger partial charge on any atom is 0.240 e. The van der Waals surface area contributed by atoms with Gasteiger partial charge in [-0.3, -0.25) is 0 Å². The van der Waals surface area contributed by atoms with Crippen LogP contribution in [0.5, 0.6) is 5.75 Å². The molecule has 1 aromatic carbocycles. The summed E-state index contributed by atoms with van der Waals surface area (Å²) in [5, 5.41) is 0. The van der Waals surface area contributed by atoms with Gasteiger partial charge in [-0.2, -0.15) is 0 Å². The Labute approximate surface area is 156 Å². The molecule has 1 heterocycles. The highest BCUT2D eigenvalue weighted by Crippen LogP contribution is 2.34. The zero-order valence-electron chi connectivity index (χ0n) is 15.8. The average Bonchev–Trinajstić information content (AvgIpc) is 3.11. The predicted molar refractivity (Wildman–Crippen MR) is 101 cm³/mol. The molecule has 0 bridgehead atoms. The van der Waals surface area contributed by atoms with Crippen LogP contribution < -0.4 is 9.46 Å². The number of hydrogen-bond acceptors (Lipinski definition) is 5. The molecule has 146 valence electrons. The molecule has 1 aliphatic carbocycles. The minimum atomic E-state index is -3.50. The molecule has 2 aliphatic rings. The minimum absolute atomic E-state index is 0.357. The standard InChI is InChI=1S/C19H30N2O4S/c1-24-12-11-21-10-9-15(14-21)13-20-26(22,23)19-8-7-18(25-2)16-5-3-4-6-17(16)19/h7-8,15,20H,3-6,9-14H2,1-2H3. The molecule has 26 heavy (non-hydrogen) atoms. The monoisotopic (exact) mass is 382 g/mol. The number of likely N-dealkylation sites (tertiary alicyclic amines) is 1. The van der Waals surface area contributed by atoms with Crippen LogP contribution in [0.15, 0.2) is 17.0 Å². The van der Waals surface area contributed by atoms with E-state index in [4.69, 9.17) is 9.47 Å². The molecule has 1 fully saturated rings. The molecule has 0 amide bonds. The van der Waals surface area contributed by atoms with Crippen LogP contribution in [0.2, 0.25) is 0 Å². The first kappa shape index (κ1) is 19.6. The van der Waals surface area contributed by atoms with E-state index < -0.39 is 10.0 Å². The number of benzene rings is 1. The van der Waals surface area contributed by atoms with Gasteiger partial charge in [-0.15, -0.1) is 0 Å². The summed E-state index contributed by atoms with van der Waals surface area (Å²) in [6.45, 7) is 4.05. The number of hydrogen-bond donors (Lipinski definition) is 1. The van der Waals surface area contributed by atoms with Gasteiger partial charge in [-0.25, -0.2) is 13.1 Å². The Balaban J connectivity index is 1.67. The fraction of sp³-hybridized carbons (Fsp3) is 0.684. The molecule has 0 radical (unpaired) electrons. The lowest BCUT2D eigenvalue weighted by atomic mass is 9.91. The summed E-state index contributed by atoms with van der Waals surface area (Å²) >= 11 is 0. The predicted octanol–water partition coefficient (Wildman–Crippen LogP) is 1.82. The van der Waals surface area contributed by atoms with Gasteiger partial charge < -0.3 is 14.4 Å². The molecule has 6 nitrogen and oxygen atoms in total. The van der Waals surface area contributed by atoms with Crippen molar-refractivity contribution < 1.29 is 17.9 Å². The van der Waals surface area contributed by atoms with E-state index in [9.17, 15) is 8.42 Å². The van der Waals surface area contributed by atoms with Crippen molar-refractivity contribution in [2.24, 2.45) is 5.92 Å². The van der Waals surface area contributed by atoms with Gasteiger partial charge in [-0.05, 0) is 67.8 Å². The largest absolute Gasteiger partial charge is 0.496 e. The minimum Gasteiger partial charge on any atom is -0.496 e. The summed E-state index contributed by atoms with van der Waals surface area (Å²) in [5.74, 6) is 1.17. The van der Waals surface area contributed by atoms with Gasteiger partial charge in [0.1, 0.15) is 5.75 Å². The molecule has 1 saturated heterocycles. The Morgan fingerprint density at radius 3 is 2.69 bits per heavy atom. The molecule has 0 aromatic heterocycles. The van der Waals surface area contributed by atoms with E-state index in [2.05, 4.69) is 9.62 Å². The number of methoxy groups -OCH3 is 2. The van der Waals surface area contributed by atoms with Gasteiger partial charge in [-0.1, -0.05) is 0 Å². The van der Waals surface area contributed by atoms with Crippen LogP contribution in [0, 0.1) is 5.92 Å². The normalized spacial score (nSPS) is 20.9. The fourth-order valence-corrected chi connectivity index (χ4v) is 5.46. The van der Waals surface area contributed by atoms with Crippen molar-refractivity contribution in [1.82, 2.24) is 9.62 Å². The van der Waals surface area contributed by atoms with Crippen molar-refractivity contribution in [2.45, 2.75) is 37.0 Å². The second-order valence-electron chi connectivity index (χ2n) is 7.23. The number of nitrogens with zero attached hydrogens (tertiary/aromatic N) is 1. The van der Waals surface area contributed by atoms with Crippen LogP contribution in [0.3, 0.4) is 0 Å². The van der Waals surface area contributed by atoms with Crippen LogP contribution in [-0.4, -0.2) is 60.3 Å². The maximum atomic E-state index is 12.9. The number of rotatable bonds is 8. The highest BCUT2D eigenvalue weighted by atomic mass is 32.2. The van der Waals surface area contributed by atoms with Gasteiger partial charge >= 0.3 is 0 Å². The zero-order valence-corrected chi connectivity index (χ0v) is 16.6. The number of nitrogens with one attached hydrogen (secondary N) is 1. The molecule has 0 spiro atoms. The Morgan fingerprint density at radius 2 is 1.96 bits per heavy atom. The van der Waals surface area contributed by atoms with Crippen molar-refractivity contribution in [1.29, 1.82) is 0 Å². The molecular formula is C19H30N2O4S. The Bertz CT molecular complexity index is 720. The Hall–Kier alpha value is -1.15. The third-order valence-corrected chi connectivity index (χ3v) is 7.01. The summed E-state index contributed by atoms with van der Waals surface area (Å²) in [4.78, 5) is 2.76. The van der Waals surface area contributed by atoms with Crippen LogP contribution in [0.1, 0.15) is 30.4 Å². The van der Waals surface area contributed by atoms with Crippen LogP contribution >= 0.6 is 0 Å². The second-order valence-corrected chi connectivity index (χ2v) is 8.97. The van der Waals surface area contributed by atoms with E-state index in [0.29, 0.717) is 17.4 Å². The molecule has 3 rings (SSSR count). The Morgan fingerprint density at radius 1 is 1.19 bits per heavy atom.